The van der Waals surface area contributed by atoms with E-state index in [0.717, 1.165) is 21.7 Å². The summed E-state index contributed by atoms with van der Waals surface area (Å²) in [5.41, 5.74) is 1.24. The summed E-state index contributed by atoms with van der Waals surface area (Å²) in [7, 11) is -1.86. The van der Waals surface area contributed by atoms with Crippen LogP contribution in [0.15, 0.2) is 88.7 Å². The lowest BCUT2D eigenvalue weighted by molar-refractivity contribution is -0.122. The molecule has 0 saturated heterocycles. The molecule has 3 aromatic carbocycles. The highest BCUT2D eigenvalue weighted by atomic mass is 32.2. The first-order valence-electron chi connectivity index (χ1n) is 10.1. The standard InChI is InChI=1S/C24H26N2O4S2/c1-4-22(30-19-16-14-18(15-17-19)26(2)32(3,28)29)24(27)25-21-12-8-9-13-23(21)31-20-10-6-5-7-11-20/h5-17,22H,4H2,1-3H3,(H,25,27)/t22-/m0/s1. The molecule has 0 radical (unpaired) electrons. The van der Waals surface area contributed by atoms with Gasteiger partial charge in [-0.2, -0.15) is 0 Å². The third-order valence-electron chi connectivity index (χ3n) is 4.76. The Morgan fingerprint density at radius 2 is 1.62 bits per heavy atom. The van der Waals surface area contributed by atoms with Crippen molar-refractivity contribution in [1.82, 2.24) is 0 Å². The van der Waals surface area contributed by atoms with Crippen LogP contribution in [-0.2, 0) is 14.8 Å². The molecule has 0 unspecified atom stereocenters. The van der Waals surface area contributed by atoms with Gasteiger partial charge in [-0.15, -0.1) is 0 Å². The Kier molecular flexibility index (Phi) is 7.82. The van der Waals surface area contributed by atoms with Crippen molar-refractivity contribution in [2.45, 2.75) is 29.2 Å². The van der Waals surface area contributed by atoms with Crippen molar-refractivity contribution < 1.29 is 17.9 Å². The van der Waals surface area contributed by atoms with Crippen molar-refractivity contribution in [3.05, 3.63) is 78.9 Å². The van der Waals surface area contributed by atoms with Gasteiger partial charge in [0.05, 0.1) is 17.6 Å². The number of carbonyl (C=O) groups excluding carboxylic acids is 1. The van der Waals surface area contributed by atoms with Gasteiger partial charge in [0.2, 0.25) is 10.0 Å². The fourth-order valence-electron chi connectivity index (χ4n) is 2.90. The molecule has 0 aromatic heterocycles. The highest BCUT2D eigenvalue weighted by molar-refractivity contribution is 7.99. The molecule has 0 aliphatic heterocycles. The monoisotopic (exact) mass is 470 g/mol. The molecule has 1 atom stereocenters. The molecule has 1 N–H and O–H groups in total. The van der Waals surface area contributed by atoms with E-state index in [1.807, 2.05) is 61.5 Å². The Balaban J connectivity index is 1.69. The Hall–Kier alpha value is -2.97. The van der Waals surface area contributed by atoms with Crippen molar-refractivity contribution in [1.29, 1.82) is 0 Å². The molecule has 3 rings (SSSR count). The van der Waals surface area contributed by atoms with E-state index in [4.69, 9.17) is 4.74 Å². The molecule has 0 aliphatic carbocycles. The zero-order valence-corrected chi connectivity index (χ0v) is 19.8. The summed E-state index contributed by atoms with van der Waals surface area (Å²) in [6.07, 6.45) is 0.927. The molecule has 6 nitrogen and oxygen atoms in total. The minimum absolute atomic E-state index is 0.244. The Labute approximate surface area is 193 Å². The zero-order chi connectivity index (χ0) is 23.1. The average Bonchev–Trinajstić information content (AvgIpc) is 2.78. The Morgan fingerprint density at radius 1 is 1.00 bits per heavy atom. The van der Waals surface area contributed by atoms with Crippen LogP contribution in [-0.4, -0.2) is 33.7 Å². The van der Waals surface area contributed by atoms with Gasteiger partial charge in [-0.3, -0.25) is 9.10 Å². The molecule has 0 heterocycles. The van der Waals surface area contributed by atoms with Crippen molar-refractivity contribution in [2.75, 3.05) is 22.9 Å². The van der Waals surface area contributed by atoms with Gasteiger partial charge < -0.3 is 10.1 Å². The second-order valence-electron chi connectivity index (χ2n) is 7.14. The largest absolute Gasteiger partial charge is 0.481 e. The van der Waals surface area contributed by atoms with Crippen molar-refractivity contribution in [3.8, 4) is 5.75 Å². The quantitative estimate of drug-likeness (QED) is 0.475. The van der Waals surface area contributed by atoms with Crippen LogP contribution in [0.3, 0.4) is 0 Å². The zero-order valence-electron chi connectivity index (χ0n) is 18.2. The van der Waals surface area contributed by atoms with Crippen LogP contribution in [0, 0.1) is 0 Å². The van der Waals surface area contributed by atoms with Crippen LogP contribution in [0.2, 0.25) is 0 Å². The highest BCUT2D eigenvalue weighted by Crippen LogP contribution is 2.33. The molecule has 8 heteroatoms. The van der Waals surface area contributed by atoms with Gasteiger partial charge in [0.1, 0.15) is 5.75 Å². The first kappa shape index (κ1) is 23.7. The molecular formula is C24H26N2O4S2. The Bertz CT molecular complexity index is 1150. The smallest absolute Gasteiger partial charge is 0.265 e. The summed E-state index contributed by atoms with van der Waals surface area (Å²) < 4.78 is 30.4. The first-order valence-corrected chi connectivity index (χ1v) is 12.8. The number of benzene rings is 3. The van der Waals surface area contributed by atoms with E-state index >= 15 is 0 Å². The molecule has 3 aromatic rings. The van der Waals surface area contributed by atoms with Gasteiger partial charge in [-0.05, 0) is 55.0 Å². The summed E-state index contributed by atoms with van der Waals surface area (Å²) in [6, 6.07) is 24.2. The number of rotatable bonds is 9. The van der Waals surface area contributed by atoms with E-state index < -0.39 is 16.1 Å². The summed E-state index contributed by atoms with van der Waals surface area (Å²) in [4.78, 5) is 14.9. The molecule has 0 aliphatic rings. The minimum atomic E-state index is -3.34. The van der Waals surface area contributed by atoms with Crippen LogP contribution >= 0.6 is 11.8 Å². The van der Waals surface area contributed by atoms with Gasteiger partial charge in [0.25, 0.3) is 5.91 Å². The van der Waals surface area contributed by atoms with Gasteiger partial charge >= 0.3 is 0 Å². The number of amides is 1. The van der Waals surface area contributed by atoms with Gasteiger partial charge in [-0.25, -0.2) is 8.42 Å². The van der Waals surface area contributed by atoms with E-state index in [2.05, 4.69) is 5.32 Å². The highest BCUT2D eigenvalue weighted by Gasteiger charge is 2.20. The molecule has 0 saturated carbocycles. The molecule has 0 fully saturated rings. The number of nitrogens with zero attached hydrogens (tertiary/aromatic N) is 1. The molecular weight excluding hydrogens is 444 g/mol. The number of sulfonamides is 1. The van der Waals surface area contributed by atoms with E-state index in [0.29, 0.717) is 17.9 Å². The first-order chi connectivity index (χ1) is 15.3. The number of ether oxygens (including phenoxy) is 1. The van der Waals surface area contributed by atoms with Crippen molar-refractivity contribution in [2.24, 2.45) is 0 Å². The predicted octanol–water partition coefficient (Wildman–Crippen LogP) is 5.03. The van der Waals surface area contributed by atoms with Crippen molar-refractivity contribution >= 4 is 39.1 Å². The summed E-state index contributed by atoms with van der Waals surface area (Å²) >= 11 is 1.58. The third kappa shape index (κ3) is 6.27. The third-order valence-corrected chi connectivity index (χ3v) is 7.04. The fraction of sp³-hybridized carbons (Fsp3) is 0.208. The van der Waals surface area contributed by atoms with Gasteiger partial charge in [-0.1, -0.05) is 49.0 Å². The summed E-state index contributed by atoms with van der Waals surface area (Å²) in [5, 5.41) is 2.98. The molecule has 0 spiro atoms. The minimum Gasteiger partial charge on any atom is -0.481 e. The average molecular weight is 471 g/mol. The van der Waals surface area contributed by atoms with Crippen LogP contribution in [0.25, 0.3) is 0 Å². The molecule has 32 heavy (non-hydrogen) atoms. The predicted molar refractivity (Wildman–Crippen MR) is 130 cm³/mol. The SMILES string of the molecule is CC[C@H](Oc1ccc(N(C)S(C)(=O)=O)cc1)C(=O)Nc1ccccc1Sc1ccccc1. The lowest BCUT2D eigenvalue weighted by Gasteiger charge is -2.20. The van der Waals surface area contributed by atoms with Crippen LogP contribution in [0.5, 0.6) is 5.75 Å². The fourth-order valence-corrected chi connectivity index (χ4v) is 4.33. The van der Waals surface area contributed by atoms with E-state index in [1.165, 1.54) is 11.4 Å². The Morgan fingerprint density at radius 3 is 2.25 bits per heavy atom. The van der Waals surface area contributed by atoms with Crippen molar-refractivity contribution in [3.63, 3.8) is 0 Å². The number of nitrogens with one attached hydrogen (secondary N) is 1. The molecule has 1 amide bonds. The lowest BCUT2D eigenvalue weighted by atomic mass is 10.2. The normalized spacial score (nSPS) is 12.1. The van der Waals surface area contributed by atoms with Gasteiger partial charge in [0, 0.05) is 16.8 Å². The van der Waals surface area contributed by atoms with E-state index in [-0.39, 0.29) is 5.91 Å². The van der Waals surface area contributed by atoms with E-state index in [1.54, 1.807) is 36.0 Å². The number of hydrogen-bond donors (Lipinski definition) is 1. The molecule has 0 bridgehead atoms. The topological polar surface area (TPSA) is 75.7 Å². The second-order valence-corrected chi connectivity index (χ2v) is 10.3. The van der Waals surface area contributed by atoms with Crippen LogP contribution in [0.4, 0.5) is 11.4 Å². The number of para-hydroxylation sites is 1. The van der Waals surface area contributed by atoms with Gasteiger partial charge in [0.15, 0.2) is 6.10 Å². The summed E-state index contributed by atoms with van der Waals surface area (Å²) in [6.45, 7) is 1.88. The van der Waals surface area contributed by atoms with Crippen LogP contribution < -0.4 is 14.4 Å². The molecule has 168 valence electrons. The maximum absolute atomic E-state index is 12.9. The maximum Gasteiger partial charge on any atom is 0.265 e. The number of anilines is 2. The number of hydrogen-bond acceptors (Lipinski definition) is 5. The second kappa shape index (κ2) is 10.6. The summed E-state index contributed by atoms with van der Waals surface area (Å²) in [5.74, 6) is 0.246. The maximum atomic E-state index is 12.9. The van der Waals surface area contributed by atoms with E-state index in [9.17, 15) is 13.2 Å². The number of carbonyl (C=O) groups is 1. The van der Waals surface area contributed by atoms with Crippen LogP contribution in [0.1, 0.15) is 13.3 Å². The lowest BCUT2D eigenvalue weighted by Crippen LogP contribution is -2.32.